The van der Waals surface area contributed by atoms with Crippen LogP contribution in [0, 0.1) is 0 Å². The molecule has 2 amide bonds. The number of amides is 2. The number of halogens is 1. The van der Waals surface area contributed by atoms with Gasteiger partial charge in [-0.1, -0.05) is 6.92 Å². The minimum Gasteiger partial charge on any atom is -0.377 e. The summed E-state index contributed by atoms with van der Waals surface area (Å²) in [5, 5.41) is 2.83. The van der Waals surface area contributed by atoms with Crippen molar-refractivity contribution in [2.45, 2.75) is 19.4 Å². The second-order valence-electron chi connectivity index (χ2n) is 5.03. The Morgan fingerprint density at radius 3 is 2.90 bits per heavy atom. The van der Waals surface area contributed by atoms with Gasteiger partial charge in [0.25, 0.3) is 5.91 Å². The van der Waals surface area contributed by atoms with Crippen LogP contribution in [-0.4, -0.2) is 53.6 Å². The Labute approximate surface area is 132 Å². The van der Waals surface area contributed by atoms with Crippen LogP contribution in [0.25, 0.3) is 0 Å². The van der Waals surface area contributed by atoms with Crippen LogP contribution in [0.1, 0.15) is 23.8 Å². The number of hydrogen-bond donors (Lipinski definition) is 1. The summed E-state index contributed by atoms with van der Waals surface area (Å²) < 4.78 is 7.96. The molecule has 1 aliphatic heterocycles. The Balaban J connectivity index is 2.16. The molecule has 1 fully saturated rings. The Hall–Kier alpha value is -1.34. The number of aryl methyl sites for hydroxylation is 1. The molecule has 2 rings (SSSR count). The molecule has 6 nitrogen and oxygen atoms in total. The van der Waals surface area contributed by atoms with Crippen LogP contribution in [0.5, 0.6) is 0 Å². The van der Waals surface area contributed by atoms with Gasteiger partial charge in [-0.25, -0.2) is 0 Å². The van der Waals surface area contributed by atoms with Crippen LogP contribution in [0.4, 0.5) is 0 Å². The standard InChI is InChI=1S/C14H20BrN3O3/c1-3-4-16-13(19)12-9-21-6-5-18(12)14(20)11-7-10(15)8-17(11)2/h7-8,12H,3-6,9H2,1-2H3,(H,16,19). The molecule has 0 radical (unpaired) electrons. The number of nitrogens with zero attached hydrogens (tertiary/aromatic N) is 2. The summed E-state index contributed by atoms with van der Waals surface area (Å²) in [6.07, 6.45) is 2.68. The number of carbonyl (C=O) groups is 2. The quantitative estimate of drug-likeness (QED) is 0.879. The van der Waals surface area contributed by atoms with Gasteiger partial charge in [0.1, 0.15) is 11.7 Å². The Morgan fingerprint density at radius 2 is 2.29 bits per heavy atom. The summed E-state index contributed by atoms with van der Waals surface area (Å²) >= 11 is 3.36. The van der Waals surface area contributed by atoms with Crippen LogP contribution in [0.2, 0.25) is 0 Å². The molecule has 1 unspecified atom stereocenters. The third kappa shape index (κ3) is 3.65. The molecule has 1 aliphatic rings. The second kappa shape index (κ2) is 7.09. The molecular weight excluding hydrogens is 338 g/mol. The molecule has 0 spiro atoms. The molecule has 7 heteroatoms. The van der Waals surface area contributed by atoms with Gasteiger partial charge < -0.3 is 19.5 Å². The van der Waals surface area contributed by atoms with Crippen LogP contribution in [0.15, 0.2) is 16.7 Å². The Morgan fingerprint density at radius 1 is 1.52 bits per heavy atom. The molecule has 1 aromatic heterocycles. The van der Waals surface area contributed by atoms with Gasteiger partial charge in [0.15, 0.2) is 0 Å². The molecule has 1 aromatic rings. The zero-order chi connectivity index (χ0) is 15.4. The van der Waals surface area contributed by atoms with E-state index in [1.54, 1.807) is 15.5 Å². The van der Waals surface area contributed by atoms with Crippen LogP contribution in [-0.2, 0) is 16.6 Å². The molecule has 2 heterocycles. The van der Waals surface area contributed by atoms with Crippen LogP contribution >= 0.6 is 15.9 Å². The highest BCUT2D eigenvalue weighted by Crippen LogP contribution is 2.18. The molecule has 116 valence electrons. The maximum atomic E-state index is 12.7. The van der Waals surface area contributed by atoms with Crippen molar-refractivity contribution < 1.29 is 14.3 Å². The van der Waals surface area contributed by atoms with E-state index in [1.807, 2.05) is 20.2 Å². The van der Waals surface area contributed by atoms with Crippen molar-refractivity contribution in [3.63, 3.8) is 0 Å². The summed E-state index contributed by atoms with van der Waals surface area (Å²) in [6, 6.07) is 1.20. The highest BCUT2D eigenvalue weighted by atomic mass is 79.9. The van der Waals surface area contributed by atoms with Crippen molar-refractivity contribution in [3.05, 3.63) is 22.4 Å². The van der Waals surface area contributed by atoms with E-state index in [0.29, 0.717) is 25.4 Å². The largest absolute Gasteiger partial charge is 0.377 e. The van der Waals surface area contributed by atoms with E-state index in [9.17, 15) is 9.59 Å². The van der Waals surface area contributed by atoms with Crippen molar-refractivity contribution in [1.82, 2.24) is 14.8 Å². The summed E-state index contributed by atoms with van der Waals surface area (Å²) in [5.41, 5.74) is 0.553. The van der Waals surface area contributed by atoms with E-state index in [1.165, 1.54) is 0 Å². The number of aromatic nitrogens is 1. The smallest absolute Gasteiger partial charge is 0.271 e. The predicted molar refractivity (Wildman–Crippen MR) is 82.1 cm³/mol. The molecular formula is C14H20BrN3O3. The first-order valence-corrected chi connectivity index (χ1v) is 7.82. The summed E-state index contributed by atoms with van der Waals surface area (Å²) in [4.78, 5) is 26.5. The van der Waals surface area contributed by atoms with Gasteiger partial charge in [-0.05, 0) is 28.4 Å². The number of morpholine rings is 1. The molecule has 0 aliphatic carbocycles. The van der Waals surface area contributed by atoms with E-state index in [4.69, 9.17) is 4.74 Å². The highest BCUT2D eigenvalue weighted by Gasteiger charge is 2.34. The number of nitrogens with one attached hydrogen (secondary N) is 1. The van der Waals surface area contributed by atoms with E-state index >= 15 is 0 Å². The molecule has 0 bridgehead atoms. The summed E-state index contributed by atoms with van der Waals surface area (Å²) in [6.45, 7) is 3.71. The molecule has 21 heavy (non-hydrogen) atoms. The van der Waals surface area contributed by atoms with Gasteiger partial charge in [0.2, 0.25) is 5.91 Å². The van der Waals surface area contributed by atoms with Gasteiger partial charge in [-0.3, -0.25) is 9.59 Å². The van der Waals surface area contributed by atoms with Crippen molar-refractivity contribution in [1.29, 1.82) is 0 Å². The van der Waals surface area contributed by atoms with E-state index < -0.39 is 6.04 Å². The number of rotatable bonds is 4. The fraction of sp³-hybridized carbons (Fsp3) is 0.571. The maximum absolute atomic E-state index is 12.7. The normalized spacial score (nSPS) is 18.6. The van der Waals surface area contributed by atoms with Crippen LogP contribution < -0.4 is 5.32 Å². The maximum Gasteiger partial charge on any atom is 0.271 e. The first-order chi connectivity index (χ1) is 10.0. The number of hydrogen-bond acceptors (Lipinski definition) is 3. The Bertz CT molecular complexity index is 530. The lowest BCUT2D eigenvalue weighted by Crippen LogP contribution is -2.56. The zero-order valence-corrected chi connectivity index (χ0v) is 13.9. The van der Waals surface area contributed by atoms with Gasteiger partial charge in [-0.15, -0.1) is 0 Å². The molecule has 1 N–H and O–H groups in total. The first-order valence-electron chi connectivity index (χ1n) is 7.03. The predicted octanol–water partition coefficient (Wildman–Crippen LogP) is 1.15. The van der Waals surface area contributed by atoms with Gasteiger partial charge in [0.05, 0.1) is 13.2 Å². The van der Waals surface area contributed by atoms with Crippen molar-refractivity contribution in [3.8, 4) is 0 Å². The topological polar surface area (TPSA) is 63.6 Å². The van der Waals surface area contributed by atoms with Crippen molar-refractivity contribution >= 4 is 27.7 Å². The zero-order valence-electron chi connectivity index (χ0n) is 12.3. The average Bonchev–Trinajstić information content (AvgIpc) is 2.82. The number of carbonyl (C=O) groups excluding carboxylic acids is 2. The van der Waals surface area contributed by atoms with Gasteiger partial charge in [-0.2, -0.15) is 0 Å². The summed E-state index contributed by atoms with van der Waals surface area (Å²) in [7, 11) is 1.81. The second-order valence-corrected chi connectivity index (χ2v) is 5.95. The third-order valence-corrected chi connectivity index (χ3v) is 3.87. The van der Waals surface area contributed by atoms with Crippen molar-refractivity contribution in [2.24, 2.45) is 7.05 Å². The van der Waals surface area contributed by atoms with Gasteiger partial charge in [0, 0.05) is 30.8 Å². The minimum atomic E-state index is -0.563. The van der Waals surface area contributed by atoms with E-state index in [2.05, 4.69) is 21.2 Å². The monoisotopic (exact) mass is 357 g/mol. The molecule has 1 saturated heterocycles. The van der Waals surface area contributed by atoms with Gasteiger partial charge >= 0.3 is 0 Å². The number of ether oxygens (including phenoxy) is 1. The van der Waals surface area contributed by atoms with Crippen molar-refractivity contribution in [2.75, 3.05) is 26.3 Å². The molecule has 0 aromatic carbocycles. The summed E-state index contributed by atoms with van der Waals surface area (Å²) in [5.74, 6) is -0.304. The lowest BCUT2D eigenvalue weighted by molar-refractivity contribution is -0.130. The molecule has 0 saturated carbocycles. The SMILES string of the molecule is CCCNC(=O)C1COCCN1C(=O)c1cc(Br)cn1C. The lowest BCUT2D eigenvalue weighted by Gasteiger charge is -2.34. The van der Waals surface area contributed by atoms with E-state index in [-0.39, 0.29) is 18.4 Å². The molecule has 1 atom stereocenters. The van der Waals surface area contributed by atoms with Crippen LogP contribution in [0.3, 0.4) is 0 Å². The first kappa shape index (κ1) is 16.0. The fourth-order valence-electron chi connectivity index (χ4n) is 2.31. The average molecular weight is 358 g/mol. The Kier molecular flexibility index (Phi) is 5.41. The minimum absolute atomic E-state index is 0.150. The highest BCUT2D eigenvalue weighted by molar-refractivity contribution is 9.10. The third-order valence-electron chi connectivity index (χ3n) is 3.43. The fourth-order valence-corrected chi connectivity index (χ4v) is 2.84. The van der Waals surface area contributed by atoms with E-state index in [0.717, 1.165) is 10.9 Å². The lowest BCUT2D eigenvalue weighted by atomic mass is 10.2.